The molecule has 3 aromatic rings. The highest BCUT2D eigenvalue weighted by molar-refractivity contribution is 6.01. The second-order valence-corrected chi connectivity index (χ2v) is 7.44. The van der Waals surface area contributed by atoms with Gasteiger partial charge in [-0.15, -0.1) is 0 Å². The van der Waals surface area contributed by atoms with Crippen LogP contribution in [0.3, 0.4) is 0 Å². The average Bonchev–Trinajstić information content (AvgIpc) is 3.57. The third kappa shape index (κ3) is 3.61. The molecule has 2 N–H and O–H groups in total. The molecule has 0 unspecified atom stereocenters. The van der Waals surface area contributed by atoms with Crippen molar-refractivity contribution in [2.75, 3.05) is 12.4 Å². The third-order valence-electron chi connectivity index (χ3n) is 5.61. The minimum atomic E-state index is -0.498. The molecule has 152 valence electrons. The monoisotopic (exact) mass is 392 g/mol. The van der Waals surface area contributed by atoms with Crippen molar-refractivity contribution in [1.82, 2.24) is 4.98 Å². The number of amides is 1. The van der Waals surface area contributed by atoms with E-state index in [1.807, 2.05) is 67.6 Å². The molecule has 1 aromatic heterocycles. The fourth-order valence-corrected chi connectivity index (χ4v) is 3.68. The zero-order chi connectivity index (χ0) is 20.4. The van der Waals surface area contributed by atoms with E-state index in [4.69, 9.17) is 9.72 Å². The van der Waals surface area contributed by atoms with Gasteiger partial charge in [0.05, 0.1) is 24.8 Å². The fraction of sp³-hybridized carbons (Fsp3) is 0.250. The smallest absolute Gasteiger partial charge is 0.236 e. The van der Waals surface area contributed by atoms with E-state index >= 15 is 0 Å². The van der Waals surface area contributed by atoms with Crippen molar-refractivity contribution >= 4 is 11.7 Å². The van der Waals surface area contributed by atoms with Gasteiger partial charge in [-0.3, -0.25) is 4.79 Å². The summed E-state index contributed by atoms with van der Waals surface area (Å²) < 4.78 is 5.22. The molecule has 0 atom stereocenters. The number of carbonyl (C=O) groups excluding carboxylic acids is 1. The van der Waals surface area contributed by atoms with Gasteiger partial charge < -0.3 is 15.2 Å². The number of rotatable bonds is 6. The number of anilines is 1. The number of ether oxygens (including phenoxy) is 1. The molecule has 0 spiro atoms. The largest absolute Gasteiger partial charge is 0.497 e. The van der Waals surface area contributed by atoms with Crippen molar-refractivity contribution < 1.29 is 17.5 Å². The van der Waals surface area contributed by atoms with Gasteiger partial charge in [0.1, 0.15) is 11.6 Å². The van der Waals surface area contributed by atoms with Crippen LogP contribution in [-0.2, 0) is 16.8 Å². The number of nitrogens with one attached hydrogen (secondary N) is 1. The highest BCUT2D eigenvalue weighted by Gasteiger charge is 2.51. The number of pyridine rings is 1. The lowest BCUT2D eigenvalue weighted by Gasteiger charge is -2.17. The summed E-state index contributed by atoms with van der Waals surface area (Å²) in [7, 11) is 1.63. The Bertz CT molecular complexity index is 1050. The number of hydrogen-bond acceptors (Lipinski definition) is 4. The number of aliphatic hydroxyl groups excluding tert-OH is 1. The van der Waals surface area contributed by atoms with E-state index in [0.29, 0.717) is 5.82 Å². The molecule has 1 aliphatic carbocycles. The second-order valence-electron chi connectivity index (χ2n) is 7.44. The Labute approximate surface area is 173 Å². The minimum Gasteiger partial charge on any atom is -0.497 e. The predicted molar refractivity (Wildman–Crippen MR) is 117 cm³/mol. The van der Waals surface area contributed by atoms with E-state index in [-0.39, 0.29) is 15.4 Å². The van der Waals surface area contributed by atoms with Crippen LogP contribution in [-0.4, -0.2) is 23.1 Å². The molecular formula is C24H28N2O3. The number of methoxy groups -OCH3 is 1. The van der Waals surface area contributed by atoms with Gasteiger partial charge in [0.2, 0.25) is 5.91 Å². The minimum absolute atomic E-state index is 0. The van der Waals surface area contributed by atoms with Crippen LogP contribution in [0.25, 0.3) is 11.3 Å². The second kappa shape index (κ2) is 7.68. The number of carbonyl (C=O) groups is 1. The van der Waals surface area contributed by atoms with E-state index in [0.717, 1.165) is 46.5 Å². The molecule has 2 aromatic carbocycles. The summed E-state index contributed by atoms with van der Waals surface area (Å²) in [4.78, 5) is 17.8. The molecule has 0 saturated heterocycles. The van der Waals surface area contributed by atoms with Gasteiger partial charge in [0.25, 0.3) is 0 Å². The molecule has 0 aliphatic heterocycles. The van der Waals surface area contributed by atoms with E-state index in [2.05, 4.69) is 5.32 Å². The molecule has 5 heteroatoms. The number of aromatic nitrogens is 1. The van der Waals surface area contributed by atoms with Crippen LogP contribution in [0.2, 0.25) is 0 Å². The lowest BCUT2D eigenvalue weighted by molar-refractivity contribution is -0.118. The Hall–Kier alpha value is -3.18. The van der Waals surface area contributed by atoms with Crippen LogP contribution in [0.15, 0.2) is 60.7 Å². The normalized spacial score (nSPS) is 14.3. The van der Waals surface area contributed by atoms with Crippen LogP contribution < -0.4 is 10.1 Å². The van der Waals surface area contributed by atoms with Crippen LogP contribution in [0.5, 0.6) is 5.75 Å². The maximum Gasteiger partial charge on any atom is 0.236 e. The number of nitrogens with zero attached hydrogens (tertiary/aromatic N) is 1. The molecule has 1 saturated carbocycles. The lowest BCUT2D eigenvalue weighted by Crippen LogP contribution is -2.28. The summed E-state index contributed by atoms with van der Waals surface area (Å²) in [6.45, 7) is 1.91. The van der Waals surface area contributed by atoms with Crippen molar-refractivity contribution in [3.8, 4) is 17.0 Å². The van der Waals surface area contributed by atoms with E-state index < -0.39 is 5.41 Å². The number of hydrogen-bond donors (Lipinski definition) is 2. The molecule has 5 nitrogen and oxygen atoms in total. The Morgan fingerprint density at radius 2 is 1.86 bits per heavy atom. The third-order valence-corrected chi connectivity index (χ3v) is 5.61. The summed E-state index contributed by atoms with van der Waals surface area (Å²) in [5.41, 5.74) is 3.93. The standard InChI is InChI=1S/C24H24N2O3.2H2/c1-16-7-12-21(25-22(16)20-6-4-3-5-17(20)15-27)26-23(28)24(13-14-24)18-8-10-19(29-2)11-9-18;;/h3-12,27H,13-15H2,1-2H3,(H,25,26,28);2*1H. The fourth-order valence-electron chi connectivity index (χ4n) is 3.68. The zero-order valence-electron chi connectivity index (χ0n) is 16.6. The van der Waals surface area contributed by atoms with Gasteiger partial charge >= 0.3 is 0 Å². The Kier molecular flexibility index (Phi) is 5.07. The van der Waals surface area contributed by atoms with Gasteiger partial charge in [0.15, 0.2) is 0 Å². The summed E-state index contributed by atoms with van der Waals surface area (Å²) in [5.74, 6) is 1.25. The number of benzene rings is 2. The van der Waals surface area contributed by atoms with Crippen molar-refractivity contribution in [2.45, 2.75) is 31.8 Å². The van der Waals surface area contributed by atoms with E-state index in [1.165, 1.54) is 0 Å². The van der Waals surface area contributed by atoms with Crippen LogP contribution in [0.4, 0.5) is 5.82 Å². The van der Waals surface area contributed by atoms with Crippen molar-refractivity contribution in [2.24, 2.45) is 0 Å². The summed E-state index contributed by atoms with van der Waals surface area (Å²) in [5, 5.41) is 12.7. The van der Waals surface area contributed by atoms with Gasteiger partial charge in [0, 0.05) is 8.42 Å². The first kappa shape index (κ1) is 19.2. The van der Waals surface area contributed by atoms with Gasteiger partial charge in [-0.05, 0) is 54.7 Å². The van der Waals surface area contributed by atoms with Crippen molar-refractivity contribution in [3.05, 3.63) is 77.4 Å². The maximum absolute atomic E-state index is 13.1. The SMILES string of the molecule is COc1ccc(C2(C(=O)Nc3ccc(C)c(-c4ccccc4CO)n3)CC2)cc1.[HH].[HH]. The van der Waals surface area contributed by atoms with Crippen molar-refractivity contribution in [3.63, 3.8) is 0 Å². The van der Waals surface area contributed by atoms with Gasteiger partial charge in [-0.25, -0.2) is 4.98 Å². The summed E-state index contributed by atoms with van der Waals surface area (Å²) in [6.07, 6.45) is 1.63. The topological polar surface area (TPSA) is 71.5 Å². The van der Waals surface area contributed by atoms with E-state index in [1.54, 1.807) is 7.11 Å². The first-order valence-corrected chi connectivity index (χ1v) is 9.70. The molecule has 1 aliphatic rings. The van der Waals surface area contributed by atoms with E-state index in [9.17, 15) is 9.90 Å². The van der Waals surface area contributed by atoms with Gasteiger partial charge in [-0.2, -0.15) is 0 Å². The zero-order valence-corrected chi connectivity index (χ0v) is 16.6. The number of aliphatic hydroxyl groups is 1. The highest BCUT2D eigenvalue weighted by Crippen LogP contribution is 2.49. The predicted octanol–water partition coefficient (Wildman–Crippen LogP) is 4.72. The molecule has 29 heavy (non-hydrogen) atoms. The molecule has 4 rings (SSSR count). The maximum atomic E-state index is 13.1. The molecule has 0 radical (unpaired) electrons. The van der Waals surface area contributed by atoms with Crippen LogP contribution in [0.1, 0.15) is 32.4 Å². The van der Waals surface area contributed by atoms with Crippen LogP contribution >= 0.6 is 0 Å². The van der Waals surface area contributed by atoms with Crippen LogP contribution in [0, 0.1) is 6.92 Å². The summed E-state index contributed by atoms with van der Waals surface area (Å²) >= 11 is 0. The molecular weight excluding hydrogens is 364 g/mol. The lowest BCUT2D eigenvalue weighted by atomic mass is 9.95. The Morgan fingerprint density at radius 1 is 1.14 bits per heavy atom. The first-order chi connectivity index (χ1) is 14.1. The number of aryl methyl sites for hydroxylation is 1. The molecule has 1 heterocycles. The quantitative estimate of drug-likeness (QED) is 0.637. The molecule has 0 bridgehead atoms. The average molecular weight is 392 g/mol. The first-order valence-electron chi connectivity index (χ1n) is 9.70. The summed E-state index contributed by atoms with van der Waals surface area (Å²) in [6, 6.07) is 19.1. The highest BCUT2D eigenvalue weighted by atomic mass is 16.5. The van der Waals surface area contributed by atoms with Gasteiger partial charge in [-0.1, -0.05) is 42.5 Å². The Balaban J connectivity index is 0.00000171. The Morgan fingerprint density at radius 3 is 2.52 bits per heavy atom. The molecule has 1 fully saturated rings. The molecule has 1 amide bonds. The van der Waals surface area contributed by atoms with Crippen molar-refractivity contribution in [1.29, 1.82) is 0 Å².